The van der Waals surface area contributed by atoms with Crippen molar-refractivity contribution < 1.29 is 19.1 Å². The van der Waals surface area contributed by atoms with Crippen LogP contribution in [0.1, 0.15) is 39.2 Å². The van der Waals surface area contributed by atoms with Crippen LogP contribution >= 0.6 is 22.9 Å². The number of aryl methyl sites for hydroxylation is 3. The zero-order valence-corrected chi connectivity index (χ0v) is 16.4. The summed E-state index contributed by atoms with van der Waals surface area (Å²) < 4.78 is 5.47. The number of nitrogens with one attached hydrogen (secondary N) is 1. The summed E-state index contributed by atoms with van der Waals surface area (Å²) in [6.45, 7) is 5.41. The molecule has 0 aliphatic rings. The van der Waals surface area contributed by atoms with Crippen LogP contribution in [0.2, 0.25) is 4.34 Å². The predicted octanol–water partition coefficient (Wildman–Crippen LogP) is 4.47. The van der Waals surface area contributed by atoms with E-state index in [0.717, 1.165) is 22.4 Å². The maximum atomic E-state index is 12.0. The Bertz CT molecular complexity index is 821. The van der Waals surface area contributed by atoms with E-state index in [2.05, 4.69) is 5.32 Å². The van der Waals surface area contributed by atoms with Gasteiger partial charge in [0.05, 0.1) is 15.6 Å². The molecule has 1 aromatic carbocycles. The summed E-state index contributed by atoms with van der Waals surface area (Å²) in [4.78, 5) is 36.2. The van der Waals surface area contributed by atoms with Crippen molar-refractivity contribution in [3.8, 4) is 0 Å². The lowest BCUT2D eigenvalue weighted by Gasteiger charge is -2.13. The summed E-state index contributed by atoms with van der Waals surface area (Å²) in [7, 11) is 0. The lowest BCUT2D eigenvalue weighted by Crippen LogP contribution is -2.22. The van der Waals surface area contributed by atoms with Crippen LogP contribution in [0.25, 0.3) is 0 Å². The molecule has 0 aliphatic heterocycles. The largest absolute Gasteiger partial charge is 0.456 e. The van der Waals surface area contributed by atoms with E-state index in [1.54, 1.807) is 12.1 Å². The second kappa shape index (κ2) is 8.96. The number of carbonyl (C=O) groups excluding carboxylic acids is 3. The molecular formula is C19H20ClNO4S. The van der Waals surface area contributed by atoms with Crippen molar-refractivity contribution in [1.82, 2.24) is 0 Å². The number of hydrogen-bond donors (Lipinski definition) is 1. The molecule has 0 bridgehead atoms. The van der Waals surface area contributed by atoms with Gasteiger partial charge in [-0.3, -0.25) is 14.4 Å². The zero-order chi connectivity index (χ0) is 19.3. The fourth-order valence-corrected chi connectivity index (χ4v) is 3.58. The molecule has 7 heteroatoms. The number of ether oxygens (including phenoxy) is 1. The minimum absolute atomic E-state index is 0.0213. The van der Waals surface area contributed by atoms with Crippen LogP contribution in [0.3, 0.4) is 0 Å². The number of benzene rings is 1. The zero-order valence-electron chi connectivity index (χ0n) is 14.8. The number of halogens is 1. The number of Topliss-reactive ketones (excluding diaryl/α,β-unsaturated/α-hetero) is 1. The molecule has 2 rings (SSSR count). The third-order valence-corrected chi connectivity index (χ3v) is 4.98. The molecule has 0 saturated carbocycles. The lowest BCUT2D eigenvalue weighted by atomic mass is 10.1. The lowest BCUT2D eigenvalue weighted by molar-refractivity contribution is -0.147. The van der Waals surface area contributed by atoms with Crippen LogP contribution in [-0.4, -0.2) is 24.3 Å². The Morgan fingerprint density at radius 3 is 2.31 bits per heavy atom. The van der Waals surface area contributed by atoms with Crippen molar-refractivity contribution in [2.75, 3.05) is 11.9 Å². The first-order valence-corrected chi connectivity index (χ1v) is 9.27. The number of rotatable bonds is 7. The topological polar surface area (TPSA) is 72.5 Å². The normalized spacial score (nSPS) is 10.5. The second-order valence-corrected chi connectivity index (χ2v) is 7.72. The first-order chi connectivity index (χ1) is 12.3. The molecule has 0 spiro atoms. The quantitative estimate of drug-likeness (QED) is 0.556. The van der Waals surface area contributed by atoms with Crippen LogP contribution < -0.4 is 5.32 Å². The van der Waals surface area contributed by atoms with E-state index in [1.807, 2.05) is 32.9 Å². The maximum absolute atomic E-state index is 12.0. The molecular weight excluding hydrogens is 374 g/mol. The summed E-state index contributed by atoms with van der Waals surface area (Å²) in [6, 6.07) is 7.20. The average molecular weight is 394 g/mol. The first kappa shape index (κ1) is 20.1. The Kier molecular flexibility index (Phi) is 6.94. The number of anilines is 1. The monoisotopic (exact) mass is 393 g/mol. The standard InChI is InChI=1S/C19H20ClNO4S/c1-11-8-12(2)19(13(3)9-11)21-17(23)10-25-18(24)7-4-14(22)15-5-6-16(20)26-15/h5-6,8-9H,4,7,10H2,1-3H3,(H,21,23). The molecule has 0 fully saturated rings. The minimum atomic E-state index is -0.589. The van der Waals surface area contributed by atoms with Crippen LogP contribution in [0, 0.1) is 20.8 Å². The van der Waals surface area contributed by atoms with Gasteiger partial charge in [0.2, 0.25) is 0 Å². The van der Waals surface area contributed by atoms with Gasteiger partial charge in [0.15, 0.2) is 12.4 Å². The molecule has 26 heavy (non-hydrogen) atoms. The Labute approximate surface area is 161 Å². The van der Waals surface area contributed by atoms with Crippen molar-refractivity contribution in [3.05, 3.63) is 50.2 Å². The molecule has 1 aromatic heterocycles. The van der Waals surface area contributed by atoms with Crippen LogP contribution in [0.4, 0.5) is 5.69 Å². The summed E-state index contributed by atoms with van der Waals surface area (Å²) in [5.41, 5.74) is 3.73. The third-order valence-electron chi connectivity index (χ3n) is 3.71. The Hall–Kier alpha value is -2.18. The molecule has 1 amide bonds. The maximum Gasteiger partial charge on any atom is 0.306 e. The summed E-state index contributed by atoms with van der Waals surface area (Å²) >= 11 is 6.95. The van der Waals surface area contributed by atoms with Gasteiger partial charge in [0.1, 0.15) is 0 Å². The second-order valence-electron chi connectivity index (χ2n) is 6.01. The highest BCUT2D eigenvalue weighted by Gasteiger charge is 2.14. The van der Waals surface area contributed by atoms with Crippen LogP contribution in [0.15, 0.2) is 24.3 Å². The van der Waals surface area contributed by atoms with Gasteiger partial charge in [-0.05, 0) is 44.0 Å². The highest BCUT2D eigenvalue weighted by Crippen LogP contribution is 2.23. The predicted molar refractivity (Wildman–Crippen MR) is 103 cm³/mol. The third kappa shape index (κ3) is 5.68. The number of thiophene rings is 1. The Morgan fingerprint density at radius 1 is 1.08 bits per heavy atom. The highest BCUT2D eigenvalue weighted by molar-refractivity contribution is 7.18. The van der Waals surface area contributed by atoms with E-state index >= 15 is 0 Å². The van der Waals surface area contributed by atoms with Gasteiger partial charge in [0, 0.05) is 12.1 Å². The van der Waals surface area contributed by atoms with E-state index in [0.29, 0.717) is 9.21 Å². The van der Waals surface area contributed by atoms with Crippen molar-refractivity contribution in [2.45, 2.75) is 33.6 Å². The number of hydrogen-bond acceptors (Lipinski definition) is 5. The van der Waals surface area contributed by atoms with Crippen LogP contribution in [-0.2, 0) is 14.3 Å². The van der Waals surface area contributed by atoms with Crippen molar-refractivity contribution >= 4 is 46.3 Å². The molecule has 0 aliphatic carbocycles. The Morgan fingerprint density at radius 2 is 1.73 bits per heavy atom. The van der Waals surface area contributed by atoms with Gasteiger partial charge < -0.3 is 10.1 Å². The van der Waals surface area contributed by atoms with Crippen molar-refractivity contribution in [3.63, 3.8) is 0 Å². The molecule has 1 N–H and O–H groups in total. The van der Waals surface area contributed by atoms with E-state index in [4.69, 9.17) is 16.3 Å². The summed E-state index contributed by atoms with van der Waals surface area (Å²) in [6.07, 6.45) is -0.0578. The van der Waals surface area contributed by atoms with E-state index in [9.17, 15) is 14.4 Å². The van der Waals surface area contributed by atoms with Gasteiger partial charge in [-0.25, -0.2) is 0 Å². The molecule has 0 saturated heterocycles. The fraction of sp³-hybridized carbons (Fsp3) is 0.316. The molecule has 5 nitrogen and oxygen atoms in total. The van der Waals surface area contributed by atoms with Crippen LogP contribution in [0.5, 0.6) is 0 Å². The first-order valence-electron chi connectivity index (χ1n) is 8.08. The summed E-state index contributed by atoms with van der Waals surface area (Å²) in [5.74, 6) is -1.17. The fourth-order valence-electron chi connectivity index (χ4n) is 2.57. The number of amides is 1. The SMILES string of the molecule is Cc1cc(C)c(NC(=O)COC(=O)CCC(=O)c2ccc(Cl)s2)c(C)c1. The Balaban J connectivity index is 1.78. The van der Waals surface area contributed by atoms with E-state index < -0.39 is 11.9 Å². The molecule has 0 unspecified atom stereocenters. The average Bonchev–Trinajstić information content (AvgIpc) is 3.00. The van der Waals surface area contributed by atoms with Gasteiger partial charge in [-0.15, -0.1) is 11.3 Å². The number of esters is 1. The highest BCUT2D eigenvalue weighted by atomic mass is 35.5. The van der Waals surface area contributed by atoms with Gasteiger partial charge >= 0.3 is 5.97 Å². The molecule has 2 aromatic rings. The summed E-state index contributed by atoms with van der Waals surface area (Å²) in [5, 5.41) is 2.76. The van der Waals surface area contributed by atoms with Gasteiger partial charge in [-0.1, -0.05) is 29.3 Å². The van der Waals surface area contributed by atoms with E-state index in [1.165, 1.54) is 11.3 Å². The molecule has 1 heterocycles. The molecule has 138 valence electrons. The van der Waals surface area contributed by atoms with Gasteiger partial charge in [0.25, 0.3) is 5.91 Å². The number of carbonyl (C=O) groups is 3. The van der Waals surface area contributed by atoms with Gasteiger partial charge in [-0.2, -0.15) is 0 Å². The van der Waals surface area contributed by atoms with E-state index in [-0.39, 0.29) is 25.2 Å². The molecule has 0 radical (unpaired) electrons. The number of ketones is 1. The smallest absolute Gasteiger partial charge is 0.306 e. The molecule has 0 atom stereocenters. The van der Waals surface area contributed by atoms with Crippen molar-refractivity contribution in [1.29, 1.82) is 0 Å². The minimum Gasteiger partial charge on any atom is -0.456 e. The van der Waals surface area contributed by atoms with Crippen molar-refractivity contribution in [2.24, 2.45) is 0 Å².